The molecule has 2 aromatic rings. The number of rotatable bonds is 2. The van der Waals surface area contributed by atoms with Crippen molar-refractivity contribution in [2.45, 2.75) is 0 Å². The predicted octanol–water partition coefficient (Wildman–Crippen LogP) is 3.22. The molecule has 0 spiro atoms. The van der Waals surface area contributed by atoms with Crippen LogP contribution in [0.25, 0.3) is 0 Å². The van der Waals surface area contributed by atoms with E-state index in [1.54, 1.807) is 0 Å². The van der Waals surface area contributed by atoms with Gasteiger partial charge in [0.05, 0.1) is 17.4 Å². The van der Waals surface area contributed by atoms with Crippen molar-refractivity contribution in [3.8, 4) is 0 Å². The van der Waals surface area contributed by atoms with E-state index in [-0.39, 0.29) is 5.56 Å². The Balaban J connectivity index is 2.24. The lowest BCUT2D eigenvalue weighted by Crippen LogP contribution is -2.14. The molecule has 1 heterocycles. The molecule has 0 unspecified atom stereocenters. The SMILES string of the molecule is O=C(Nc1ccc(F)cc1I)c1ccncc1F. The summed E-state index contributed by atoms with van der Waals surface area (Å²) in [6, 6.07) is 5.20. The molecule has 1 N–H and O–H groups in total. The van der Waals surface area contributed by atoms with Crippen LogP contribution in [-0.4, -0.2) is 10.9 Å². The van der Waals surface area contributed by atoms with E-state index < -0.39 is 17.5 Å². The summed E-state index contributed by atoms with van der Waals surface area (Å²) < 4.78 is 26.7. The van der Waals surface area contributed by atoms with Crippen molar-refractivity contribution in [2.75, 3.05) is 5.32 Å². The van der Waals surface area contributed by atoms with E-state index in [1.165, 1.54) is 30.5 Å². The van der Waals surface area contributed by atoms with E-state index in [9.17, 15) is 13.6 Å². The first-order valence-electron chi connectivity index (χ1n) is 4.94. The average Bonchev–Trinajstić information content (AvgIpc) is 2.33. The summed E-state index contributed by atoms with van der Waals surface area (Å²) in [6.07, 6.45) is 2.29. The fourth-order valence-electron chi connectivity index (χ4n) is 1.34. The van der Waals surface area contributed by atoms with Gasteiger partial charge in [-0.2, -0.15) is 0 Å². The highest BCUT2D eigenvalue weighted by molar-refractivity contribution is 14.1. The standard InChI is InChI=1S/C12H7F2IN2O/c13-7-1-2-11(10(15)5-7)17-12(18)8-3-4-16-6-9(8)14/h1-6H,(H,17,18). The van der Waals surface area contributed by atoms with E-state index in [0.717, 1.165) is 6.20 Å². The molecular formula is C12H7F2IN2O. The molecule has 0 aliphatic heterocycles. The molecule has 3 nitrogen and oxygen atoms in total. The second kappa shape index (κ2) is 5.38. The van der Waals surface area contributed by atoms with Crippen molar-refractivity contribution in [3.63, 3.8) is 0 Å². The topological polar surface area (TPSA) is 42.0 Å². The highest BCUT2D eigenvalue weighted by Crippen LogP contribution is 2.20. The van der Waals surface area contributed by atoms with E-state index in [0.29, 0.717) is 9.26 Å². The fraction of sp³-hybridized carbons (Fsp3) is 0. The van der Waals surface area contributed by atoms with Gasteiger partial charge in [-0.25, -0.2) is 8.78 Å². The third-order valence-electron chi connectivity index (χ3n) is 2.20. The summed E-state index contributed by atoms with van der Waals surface area (Å²) in [4.78, 5) is 15.4. The van der Waals surface area contributed by atoms with Gasteiger partial charge in [-0.15, -0.1) is 0 Å². The average molecular weight is 360 g/mol. The predicted molar refractivity (Wildman–Crippen MR) is 71.3 cm³/mol. The molecule has 0 aliphatic carbocycles. The zero-order chi connectivity index (χ0) is 13.1. The zero-order valence-electron chi connectivity index (χ0n) is 8.95. The van der Waals surface area contributed by atoms with Crippen LogP contribution in [0.5, 0.6) is 0 Å². The molecule has 6 heteroatoms. The number of amides is 1. The first-order valence-corrected chi connectivity index (χ1v) is 6.01. The molecule has 0 radical (unpaired) electrons. The van der Waals surface area contributed by atoms with Gasteiger partial charge in [-0.3, -0.25) is 9.78 Å². The quantitative estimate of drug-likeness (QED) is 0.836. The van der Waals surface area contributed by atoms with Crippen LogP contribution in [0, 0.1) is 15.2 Å². The highest BCUT2D eigenvalue weighted by atomic mass is 127. The van der Waals surface area contributed by atoms with Gasteiger partial charge in [0, 0.05) is 9.77 Å². The number of anilines is 1. The largest absolute Gasteiger partial charge is 0.321 e. The first-order chi connectivity index (χ1) is 8.58. The van der Waals surface area contributed by atoms with Crippen LogP contribution in [0.15, 0.2) is 36.7 Å². The number of pyridine rings is 1. The molecule has 0 aliphatic rings. The lowest BCUT2D eigenvalue weighted by Gasteiger charge is -2.07. The maximum Gasteiger partial charge on any atom is 0.258 e. The fourth-order valence-corrected chi connectivity index (χ4v) is 1.95. The van der Waals surface area contributed by atoms with Crippen LogP contribution < -0.4 is 5.32 Å². The van der Waals surface area contributed by atoms with Gasteiger partial charge in [0.1, 0.15) is 5.82 Å². The summed E-state index contributed by atoms with van der Waals surface area (Å²) in [7, 11) is 0. The van der Waals surface area contributed by atoms with E-state index >= 15 is 0 Å². The van der Waals surface area contributed by atoms with Crippen LogP contribution in [0.3, 0.4) is 0 Å². The number of nitrogens with one attached hydrogen (secondary N) is 1. The Kier molecular flexibility index (Phi) is 3.85. The molecule has 0 atom stereocenters. The van der Waals surface area contributed by atoms with Crippen LogP contribution in [0.1, 0.15) is 10.4 Å². The Hall–Kier alpha value is -1.57. The lowest BCUT2D eigenvalue weighted by molar-refractivity contribution is 0.102. The number of halogens is 3. The first kappa shape index (κ1) is 12.9. The third kappa shape index (κ3) is 2.81. The maximum absolute atomic E-state index is 13.3. The van der Waals surface area contributed by atoms with E-state index in [1.807, 2.05) is 22.6 Å². The molecular weight excluding hydrogens is 353 g/mol. The van der Waals surface area contributed by atoms with Crippen molar-refractivity contribution >= 4 is 34.2 Å². The monoisotopic (exact) mass is 360 g/mol. The third-order valence-corrected chi connectivity index (χ3v) is 3.09. The molecule has 1 aromatic carbocycles. The Morgan fingerprint density at radius 1 is 1.28 bits per heavy atom. The van der Waals surface area contributed by atoms with Gasteiger partial charge in [0.15, 0.2) is 5.82 Å². The second-order valence-electron chi connectivity index (χ2n) is 3.43. The Morgan fingerprint density at radius 3 is 2.72 bits per heavy atom. The molecule has 92 valence electrons. The van der Waals surface area contributed by atoms with Gasteiger partial charge in [0.2, 0.25) is 0 Å². The van der Waals surface area contributed by atoms with Gasteiger partial charge in [-0.05, 0) is 46.9 Å². The summed E-state index contributed by atoms with van der Waals surface area (Å²) in [5, 5.41) is 2.51. The number of nitrogens with zero attached hydrogens (tertiary/aromatic N) is 1. The lowest BCUT2D eigenvalue weighted by atomic mass is 10.2. The number of benzene rings is 1. The summed E-state index contributed by atoms with van der Waals surface area (Å²) in [5.41, 5.74) is 0.323. The van der Waals surface area contributed by atoms with Crippen LogP contribution in [-0.2, 0) is 0 Å². The number of hydrogen-bond acceptors (Lipinski definition) is 2. The zero-order valence-corrected chi connectivity index (χ0v) is 11.1. The minimum atomic E-state index is -0.702. The van der Waals surface area contributed by atoms with Crippen LogP contribution in [0.4, 0.5) is 14.5 Å². The molecule has 1 amide bonds. The molecule has 2 rings (SSSR count). The van der Waals surface area contributed by atoms with Crippen molar-refractivity contribution in [3.05, 3.63) is 57.4 Å². The molecule has 0 saturated carbocycles. The number of aromatic nitrogens is 1. The van der Waals surface area contributed by atoms with Crippen LogP contribution >= 0.6 is 22.6 Å². The molecule has 0 fully saturated rings. The molecule has 0 saturated heterocycles. The molecule has 18 heavy (non-hydrogen) atoms. The summed E-state index contributed by atoms with van der Waals surface area (Å²) >= 11 is 1.89. The Bertz CT molecular complexity index is 604. The number of carbonyl (C=O) groups excluding carboxylic acids is 1. The smallest absolute Gasteiger partial charge is 0.258 e. The Morgan fingerprint density at radius 2 is 2.06 bits per heavy atom. The minimum Gasteiger partial charge on any atom is -0.321 e. The number of hydrogen-bond donors (Lipinski definition) is 1. The molecule has 0 bridgehead atoms. The Labute approximate surface area is 115 Å². The maximum atomic E-state index is 13.3. The second-order valence-corrected chi connectivity index (χ2v) is 4.60. The summed E-state index contributed by atoms with van der Waals surface area (Å²) in [6.45, 7) is 0. The van der Waals surface area contributed by atoms with Crippen molar-refractivity contribution < 1.29 is 13.6 Å². The van der Waals surface area contributed by atoms with E-state index in [4.69, 9.17) is 0 Å². The van der Waals surface area contributed by atoms with Crippen LogP contribution in [0.2, 0.25) is 0 Å². The van der Waals surface area contributed by atoms with Crippen molar-refractivity contribution in [1.29, 1.82) is 0 Å². The van der Waals surface area contributed by atoms with Gasteiger partial charge < -0.3 is 5.32 Å². The molecule has 1 aromatic heterocycles. The number of carbonyl (C=O) groups is 1. The van der Waals surface area contributed by atoms with Gasteiger partial charge in [0.25, 0.3) is 5.91 Å². The summed E-state index contributed by atoms with van der Waals surface area (Å²) in [5.74, 6) is -1.70. The van der Waals surface area contributed by atoms with Gasteiger partial charge >= 0.3 is 0 Å². The van der Waals surface area contributed by atoms with E-state index in [2.05, 4.69) is 10.3 Å². The highest BCUT2D eigenvalue weighted by Gasteiger charge is 2.12. The minimum absolute atomic E-state index is 0.106. The van der Waals surface area contributed by atoms with Crippen molar-refractivity contribution in [1.82, 2.24) is 4.98 Å². The van der Waals surface area contributed by atoms with Gasteiger partial charge in [-0.1, -0.05) is 0 Å². The normalized spacial score (nSPS) is 10.2. The van der Waals surface area contributed by atoms with Crippen molar-refractivity contribution in [2.24, 2.45) is 0 Å².